The fraction of sp³-hybridized carbons (Fsp3) is 0.444. The maximum Gasteiger partial charge on any atom is 0.261 e. The number of aromatic nitrogens is 4. The Bertz CT molecular complexity index is 1470. The summed E-state index contributed by atoms with van der Waals surface area (Å²) in [6.45, 7) is 1.55. The van der Waals surface area contributed by atoms with E-state index in [0.717, 1.165) is 36.9 Å². The summed E-state index contributed by atoms with van der Waals surface area (Å²) in [6.07, 6.45) is 5.66. The highest BCUT2D eigenvalue weighted by Gasteiger charge is 2.38. The summed E-state index contributed by atoms with van der Waals surface area (Å²) < 4.78 is 13.7. The van der Waals surface area contributed by atoms with Crippen molar-refractivity contribution in [3.8, 4) is 5.75 Å². The first-order valence-electron chi connectivity index (χ1n) is 13.2. The van der Waals surface area contributed by atoms with Crippen LogP contribution >= 0.6 is 11.6 Å². The van der Waals surface area contributed by atoms with E-state index in [0.29, 0.717) is 41.6 Å². The summed E-state index contributed by atoms with van der Waals surface area (Å²) in [5.41, 5.74) is 2.68. The first-order chi connectivity index (χ1) is 18.9. The summed E-state index contributed by atoms with van der Waals surface area (Å²) in [5.74, 6) is -0.304. The van der Waals surface area contributed by atoms with E-state index in [1.807, 2.05) is 0 Å². The van der Waals surface area contributed by atoms with Gasteiger partial charge in [-0.2, -0.15) is 0 Å². The number of fused-ring (bicyclic) bond motifs is 6. The number of amides is 2. The van der Waals surface area contributed by atoms with E-state index < -0.39 is 12.1 Å². The number of hydrogen-bond acceptors (Lipinski definition) is 7. The molecule has 204 valence electrons. The lowest BCUT2D eigenvalue weighted by Crippen LogP contribution is -2.44. The standard InChI is InChI=1S/C27H29ClN6O5/c28-20-7-6-17-11-23(20)38-9-3-8-34-12-18(31-32-34)15-39-24-14-33(13-22(24)30-25(17)35)27(37)19-10-16-4-1-2-5-21(16)29-26(19)36/h6-7,10-12,22,24H,1-5,8-9,13-15H2,(H,29,36)(H,30,35)/t22-,24-/m0/s1. The Morgan fingerprint density at radius 3 is 2.87 bits per heavy atom. The molecule has 0 radical (unpaired) electrons. The van der Waals surface area contributed by atoms with Crippen LogP contribution in [0.1, 0.15) is 56.9 Å². The van der Waals surface area contributed by atoms with Gasteiger partial charge in [0.05, 0.1) is 36.6 Å². The normalized spacial score (nSPS) is 21.5. The monoisotopic (exact) mass is 552 g/mol. The average Bonchev–Trinajstić information content (AvgIpc) is 3.56. The highest BCUT2D eigenvalue weighted by molar-refractivity contribution is 6.32. The molecule has 3 aromatic rings. The van der Waals surface area contributed by atoms with Crippen molar-refractivity contribution in [1.29, 1.82) is 0 Å². The largest absolute Gasteiger partial charge is 0.492 e. The number of pyridine rings is 1. The number of carbonyl (C=O) groups is 2. The zero-order valence-electron chi connectivity index (χ0n) is 21.3. The van der Waals surface area contributed by atoms with Crippen LogP contribution in [0.5, 0.6) is 5.75 Å². The molecule has 2 aliphatic heterocycles. The summed E-state index contributed by atoms with van der Waals surface area (Å²) in [7, 11) is 0. The fourth-order valence-corrected chi connectivity index (χ4v) is 5.55. The van der Waals surface area contributed by atoms with Gasteiger partial charge < -0.3 is 24.7 Å². The van der Waals surface area contributed by atoms with E-state index in [2.05, 4.69) is 20.6 Å². The first-order valence-corrected chi connectivity index (χ1v) is 13.6. The van der Waals surface area contributed by atoms with Crippen LogP contribution in [0.3, 0.4) is 0 Å². The van der Waals surface area contributed by atoms with Crippen molar-refractivity contribution >= 4 is 23.4 Å². The molecule has 2 atom stereocenters. The SMILES string of the molecule is O=C1N[C@H]2CN(C(=O)c3cc4c([nH]c3=O)CCCC4)C[C@@H]2OCc2cn(nn2)CCCOc2cc1ccc2Cl. The zero-order valence-corrected chi connectivity index (χ0v) is 22.1. The Morgan fingerprint density at radius 1 is 1.10 bits per heavy atom. The van der Waals surface area contributed by atoms with Crippen molar-refractivity contribution in [3.05, 3.63) is 73.9 Å². The quantitative estimate of drug-likeness (QED) is 0.472. The molecule has 2 amide bonds. The highest BCUT2D eigenvalue weighted by atomic mass is 35.5. The summed E-state index contributed by atoms with van der Waals surface area (Å²) in [4.78, 5) is 44.0. The molecule has 1 saturated heterocycles. The molecule has 0 saturated carbocycles. The summed E-state index contributed by atoms with van der Waals surface area (Å²) >= 11 is 6.30. The Balaban J connectivity index is 1.27. The molecule has 0 unspecified atom stereocenters. The van der Waals surface area contributed by atoms with E-state index in [-0.39, 0.29) is 42.6 Å². The van der Waals surface area contributed by atoms with Crippen molar-refractivity contribution < 1.29 is 19.1 Å². The second-order valence-corrected chi connectivity index (χ2v) is 10.6. The van der Waals surface area contributed by atoms with Crippen LogP contribution in [0.25, 0.3) is 0 Å². The topological polar surface area (TPSA) is 131 Å². The number of rotatable bonds is 1. The van der Waals surface area contributed by atoms with Gasteiger partial charge in [0, 0.05) is 37.3 Å². The molecule has 4 heterocycles. The minimum absolute atomic E-state index is 0.113. The van der Waals surface area contributed by atoms with Gasteiger partial charge in [0.1, 0.15) is 17.0 Å². The lowest BCUT2D eigenvalue weighted by molar-refractivity contribution is 0.0291. The van der Waals surface area contributed by atoms with Gasteiger partial charge >= 0.3 is 0 Å². The van der Waals surface area contributed by atoms with Crippen molar-refractivity contribution in [1.82, 2.24) is 30.2 Å². The minimum atomic E-state index is -0.518. The number of aromatic amines is 1. The highest BCUT2D eigenvalue weighted by Crippen LogP contribution is 2.27. The molecule has 1 fully saturated rings. The Labute approximate surface area is 229 Å². The number of ether oxygens (including phenoxy) is 2. The molecule has 39 heavy (non-hydrogen) atoms. The number of halogens is 1. The third-order valence-corrected chi connectivity index (χ3v) is 7.76. The number of hydrogen-bond donors (Lipinski definition) is 2. The van der Waals surface area contributed by atoms with Crippen LogP contribution in [0.2, 0.25) is 5.02 Å². The molecule has 1 aliphatic carbocycles. The van der Waals surface area contributed by atoms with Gasteiger partial charge in [-0.25, -0.2) is 0 Å². The smallest absolute Gasteiger partial charge is 0.261 e. The number of H-pyrrole nitrogens is 1. The number of nitrogens with one attached hydrogen (secondary N) is 2. The third-order valence-electron chi connectivity index (χ3n) is 7.45. The fourth-order valence-electron chi connectivity index (χ4n) is 5.37. The molecule has 12 heteroatoms. The number of likely N-dealkylation sites (tertiary alicyclic amines) is 1. The van der Waals surface area contributed by atoms with Crippen LogP contribution in [0, 0.1) is 0 Å². The minimum Gasteiger partial charge on any atom is -0.492 e. The summed E-state index contributed by atoms with van der Waals surface area (Å²) in [5, 5.41) is 11.7. The third kappa shape index (κ3) is 5.41. The Morgan fingerprint density at radius 2 is 1.97 bits per heavy atom. The molecule has 0 spiro atoms. The molecule has 1 aromatic carbocycles. The van der Waals surface area contributed by atoms with E-state index in [1.165, 1.54) is 0 Å². The van der Waals surface area contributed by atoms with Gasteiger partial charge in [-0.05, 0) is 55.5 Å². The second kappa shape index (κ2) is 10.8. The van der Waals surface area contributed by atoms with Crippen molar-refractivity contribution in [2.24, 2.45) is 0 Å². The van der Waals surface area contributed by atoms with Gasteiger partial charge in [-0.3, -0.25) is 19.1 Å². The first kappa shape index (κ1) is 25.6. The molecule has 6 rings (SSSR count). The maximum absolute atomic E-state index is 13.5. The molecular weight excluding hydrogens is 524 g/mol. The molecule has 2 aromatic heterocycles. The van der Waals surface area contributed by atoms with Gasteiger partial charge in [0.2, 0.25) is 0 Å². The van der Waals surface area contributed by atoms with Crippen LogP contribution in [0.15, 0.2) is 35.3 Å². The van der Waals surface area contributed by atoms with E-state index in [1.54, 1.807) is 40.0 Å². The number of benzene rings is 1. The van der Waals surface area contributed by atoms with Gasteiger partial charge in [0.15, 0.2) is 0 Å². The molecule has 11 nitrogen and oxygen atoms in total. The number of aryl methyl sites for hydroxylation is 3. The van der Waals surface area contributed by atoms with Crippen molar-refractivity contribution in [3.63, 3.8) is 0 Å². The number of nitrogens with zero attached hydrogens (tertiary/aromatic N) is 4. The maximum atomic E-state index is 13.5. The molecular formula is C27H29ClN6O5. The van der Waals surface area contributed by atoms with Crippen LogP contribution in [-0.2, 0) is 30.7 Å². The lowest BCUT2D eigenvalue weighted by atomic mass is 9.95. The van der Waals surface area contributed by atoms with E-state index in [9.17, 15) is 14.4 Å². The molecule has 4 bridgehead atoms. The van der Waals surface area contributed by atoms with Crippen molar-refractivity contribution in [2.75, 3.05) is 19.7 Å². The number of carbonyl (C=O) groups excluding carboxylic acids is 2. The summed E-state index contributed by atoms with van der Waals surface area (Å²) in [6, 6.07) is 6.08. The second-order valence-electron chi connectivity index (χ2n) is 10.2. The lowest BCUT2D eigenvalue weighted by Gasteiger charge is -2.20. The predicted octanol–water partition coefficient (Wildman–Crippen LogP) is 2.12. The van der Waals surface area contributed by atoms with E-state index >= 15 is 0 Å². The Kier molecular flexibility index (Phi) is 7.09. The van der Waals surface area contributed by atoms with Gasteiger partial charge in [0.25, 0.3) is 17.4 Å². The van der Waals surface area contributed by atoms with Crippen molar-refractivity contribution in [2.45, 2.75) is 57.4 Å². The molecule has 3 aliphatic rings. The van der Waals surface area contributed by atoms with Crippen LogP contribution in [-0.4, -0.2) is 68.5 Å². The van der Waals surface area contributed by atoms with Crippen LogP contribution < -0.4 is 15.6 Å². The molecule has 2 N–H and O–H groups in total. The van der Waals surface area contributed by atoms with E-state index in [4.69, 9.17) is 21.1 Å². The zero-order chi connectivity index (χ0) is 26.9. The predicted molar refractivity (Wildman–Crippen MR) is 141 cm³/mol. The van der Waals surface area contributed by atoms with Gasteiger partial charge in [-0.1, -0.05) is 16.8 Å². The van der Waals surface area contributed by atoms with Crippen LogP contribution in [0.4, 0.5) is 0 Å². The Hall–Kier alpha value is -3.70. The van der Waals surface area contributed by atoms with Gasteiger partial charge in [-0.15, -0.1) is 5.10 Å². The average molecular weight is 553 g/mol.